The maximum Gasteiger partial charge on any atom is 0.0723 e. The van der Waals surface area contributed by atoms with Gasteiger partial charge in [-0.05, 0) is 45.2 Å². The number of rotatable bonds is 4. The molecule has 1 atom stereocenters. The predicted molar refractivity (Wildman–Crippen MR) is 62.9 cm³/mol. The summed E-state index contributed by atoms with van der Waals surface area (Å²) in [4.78, 5) is 2.60. The molecule has 0 amide bonds. The van der Waals surface area contributed by atoms with E-state index in [1.807, 2.05) is 0 Å². The fraction of sp³-hybridized carbons (Fsp3) is 1.00. The van der Waals surface area contributed by atoms with E-state index in [9.17, 15) is 5.11 Å². The summed E-state index contributed by atoms with van der Waals surface area (Å²) in [5.41, 5.74) is 0.173. The summed E-state index contributed by atoms with van der Waals surface area (Å²) in [7, 11) is 0. The minimum Gasteiger partial charge on any atom is -0.391 e. The van der Waals surface area contributed by atoms with Gasteiger partial charge >= 0.3 is 0 Å². The van der Waals surface area contributed by atoms with Crippen molar-refractivity contribution in [1.82, 2.24) is 4.90 Å². The number of likely N-dealkylation sites (tertiary alicyclic amines) is 1. The van der Waals surface area contributed by atoms with Crippen LogP contribution >= 0.6 is 0 Å². The van der Waals surface area contributed by atoms with E-state index < -0.39 is 0 Å². The van der Waals surface area contributed by atoms with Gasteiger partial charge in [-0.2, -0.15) is 0 Å². The second-order valence-corrected chi connectivity index (χ2v) is 5.31. The molecule has 0 aromatic rings. The van der Waals surface area contributed by atoms with Gasteiger partial charge in [0.1, 0.15) is 0 Å². The van der Waals surface area contributed by atoms with Crippen LogP contribution in [0.25, 0.3) is 0 Å². The average Bonchev–Trinajstić information content (AvgIpc) is 2.90. The van der Waals surface area contributed by atoms with E-state index in [0.717, 1.165) is 12.8 Å². The van der Waals surface area contributed by atoms with Crippen LogP contribution in [0.4, 0.5) is 0 Å². The van der Waals surface area contributed by atoms with E-state index in [-0.39, 0.29) is 11.6 Å². The van der Waals surface area contributed by atoms with Crippen molar-refractivity contribution < 1.29 is 5.11 Å². The third-order valence-corrected chi connectivity index (χ3v) is 4.39. The molecule has 1 saturated heterocycles. The lowest BCUT2D eigenvalue weighted by molar-refractivity contribution is -0.0222. The normalized spacial score (nSPS) is 28.4. The summed E-state index contributed by atoms with van der Waals surface area (Å²) < 4.78 is 0. The Morgan fingerprint density at radius 3 is 2.27 bits per heavy atom. The molecular formula is C13H25NO. The van der Waals surface area contributed by atoms with Crippen LogP contribution in [0.1, 0.15) is 58.3 Å². The average molecular weight is 211 g/mol. The zero-order valence-corrected chi connectivity index (χ0v) is 10.0. The van der Waals surface area contributed by atoms with Gasteiger partial charge < -0.3 is 5.11 Å². The first-order chi connectivity index (χ1) is 7.29. The lowest BCUT2D eigenvalue weighted by Crippen LogP contribution is -2.53. The first kappa shape index (κ1) is 11.4. The Morgan fingerprint density at radius 1 is 1.13 bits per heavy atom. The highest BCUT2D eigenvalue weighted by atomic mass is 16.3. The van der Waals surface area contributed by atoms with Crippen molar-refractivity contribution in [2.24, 2.45) is 0 Å². The number of hydrogen-bond donors (Lipinski definition) is 1. The highest BCUT2D eigenvalue weighted by Gasteiger charge is 2.45. The Bertz CT molecular complexity index is 193. The number of nitrogens with zero attached hydrogens (tertiary/aromatic N) is 1. The smallest absolute Gasteiger partial charge is 0.0723 e. The van der Waals surface area contributed by atoms with E-state index in [4.69, 9.17) is 0 Å². The van der Waals surface area contributed by atoms with Crippen LogP contribution in [-0.4, -0.2) is 34.7 Å². The van der Waals surface area contributed by atoms with Gasteiger partial charge in [-0.1, -0.05) is 26.2 Å². The molecule has 15 heavy (non-hydrogen) atoms. The molecule has 2 fully saturated rings. The van der Waals surface area contributed by atoms with Crippen LogP contribution in [0.15, 0.2) is 0 Å². The van der Waals surface area contributed by atoms with E-state index in [0.29, 0.717) is 0 Å². The number of hydrogen-bond acceptors (Lipinski definition) is 2. The largest absolute Gasteiger partial charge is 0.391 e. The van der Waals surface area contributed by atoms with Crippen molar-refractivity contribution in [1.29, 1.82) is 0 Å². The van der Waals surface area contributed by atoms with Crippen LogP contribution in [0.3, 0.4) is 0 Å². The molecule has 1 N–H and O–H groups in total. The minimum absolute atomic E-state index is 0.0805. The fourth-order valence-electron chi connectivity index (χ4n) is 3.55. The van der Waals surface area contributed by atoms with Crippen molar-refractivity contribution in [3.8, 4) is 0 Å². The quantitative estimate of drug-likeness (QED) is 0.772. The van der Waals surface area contributed by atoms with Crippen molar-refractivity contribution in [2.45, 2.75) is 69.9 Å². The minimum atomic E-state index is -0.0805. The third-order valence-electron chi connectivity index (χ3n) is 4.39. The summed E-state index contributed by atoms with van der Waals surface area (Å²) in [5.74, 6) is 0. The molecule has 1 heterocycles. The van der Waals surface area contributed by atoms with Gasteiger partial charge in [-0.15, -0.1) is 0 Å². The molecule has 2 nitrogen and oxygen atoms in total. The van der Waals surface area contributed by atoms with Crippen LogP contribution in [0.5, 0.6) is 0 Å². The highest BCUT2D eigenvalue weighted by Crippen LogP contribution is 2.41. The molecule has 0 bridgehead atoms. The molecule has 2 rings (SSSR count). The summed E-state index contributed by atoms with van der Waals surface area (Å²) in [6, 6.07) is 0. The molecule has 1 saturated carbocycles. The molecule has 1 aliphatic carbocycles. The van der Waals surface area contributed by atoms with E-state index in [1.54, 1.807) is 0 Å². The van der Waals surface area contributed by atoms with Crippen LogP contribution < -0.4 is 0 Å². The topological polar surface area (TPSA) is 23.5 Å². The summed E-state index contributed by atoms with van der Waals surface area (Å²) >= 11 is 0. The standard InChI is InChI=1S/C13H25NO/c1-2-7-12(15)13(8-3-4-9-13)14-10-5-6-11-14/h12,15H,2-11H2,1H3. The summed E-state index contributed by atoms with van der Waals surface area (Å²) in [6.07, 6.45) is 9.77. The van der Waals surface area contributed by atoms with Gasteiger partial charge in [0.15, 0.2) is 0 Å². The first-order valence-corrected chi connectivity index (χ1v) is 6.73. The summed E-state index contributed by atoms with van der Waals surface area (Å²) in [5, 5.41) is 10.4. The van der Waals surface area contributed by atoms with Crippen molar-refractivity contribution in [2.75, 3.05) is 13.1 Å². The van der Waals surface area contributed by atoms with Gasteiger partial charge in [-0.25, -0.2) is 0 Å². The molecule has 1 aliphatic heterocycles. The van der Waals surface area contributed by atoms with Crippen LogP contribution in [0.2, 0.25) is 0 Å². The molecule has 0 radical (unpaired) electrons. The van der Waals surface area contributed by atoms with Crippen molar-refractivity contribution in [3.05, 3.63) is 0 Å². The third kappa shape index (κ3) is 2.07. The van der Waals surface area contributed by atoms with E-state index in [2.05, 4.69) is 11.8 Å². The SMILES string of the molecule is CCCC(O)C1(N2CCCC2)CCCC1. The maximum absolute atomic E-state index is 10.4. The maximum atomic E-state index is 10.4. The predicted octanol–water partition coefficient (Wildman–Crippen LogP) is 2.56. The van der Waals surface area contributed by atoms with E-state index >= 15 is 0 Å². The molecule has 1 unspecified atom stereocenters. The Hall–Kier alpha value is -0.0800. The highest BCUT2D eigenvalue weighted by molar-refractivity contribution is 5.01. The fourth-order valence-corrected chi connectivity index (χ4v) is 3.55. The lowest BCUT2D eigenvalue weighted by atomic mass is 9.86. The lowest BCUT2D eigenvalue weighted by Gasteiger charge is -2.42. The van der Waals surface area contributed by atoms with Gasteiger partial charge in [-0.3, -0.25) is 4.90 Å². The Labute approximate surface area is 93.7 Å². The Balaban J connectivity index is 2.08. The summed E-state index contributed by atoms with van der Waals surface area (Å²) in [6.45, 7) is 4.62. The molecule has 2 heteroatoms. The number of aliphatic hydroxyl groups is 1. The molecule has 0 spiro atoms. The van der Waals surface area contributed by atoms with Gasteiger partial charge in [0.2, 0.25) is 0 Å². The van der Waals surface area contributed by atoms with Crippen molar-refractivity contribution >= 4 is 0 Å². The molecule has 0 aromatic heterocycles. The molecule has 2 aliphatic rings. The Morgan fingerprint density at radius 2 is 1.73 bits per heavy atom. The monoisotopic (exact) mass is 211 g/mol. The van der Waals surface area contributed by atoms with Gasteiger partial charge in [0, 0.05) is 5.54 Å². The second-order valence-electron chi connectivity index (χ2n) is 5.31. The molecule has 88 valence electrons. The zero-order chi connectivity index (χ0) is 10.7. The van der Waals surface area contributed by atoms with Crippen LogP contribution in [-0.2, 0) is 0 Å². The molecule has 0 aromatic carbocycles. The second kappa shape index (κ2) is 4.84. The Kier molecular flexibility index (Phi) is 3.68. The number of aliphatic hydroxyl groups excluding tert-OH is 1. The van der Waals surface area contributed by atoms with Crippen molar-refractivity contribution in [3.63, 3.8) is 0 Å². The van der Waals surface area contributed by atoms with Gasteiger partial charge in [0.25, 0.3) is 0 Å². The van der Waals surface area contributed by atoms with E-state index in [1.165, 1.54) is 51.6 Å². The van der Waals surface area contributed by atoms with Crippen LogP contribution in [0, 0.1) is 0 Å². The first-order valence-electron chi connectivity index (χ1n) is 6.73. The zero-order valence-electron chi connectivity index (χ0n) is 10.0. The molecular weight excluding hydrogens is 186 g/mol. The van der Waals surface area contributed by atoms with Gasteiger partial charge in [0.05, 0.1) is 6.10 Å².